The molecule has 1 aliphatic carbocycles. The third kappa shape index (κ3) is 8.39. The van der Waals surface area contributed by atoms with Crippen molar-refractivity contribution in [1.82, 2.24) is 10.6 Å². The Hall–Kier alpha value is -1.30. The number of carbonyl (C=O) groups is 1. The molecular formula is C20H39N3O3. The highest BCUT2D eigenvalue weighted by Crippen LogP contribution is 2.30. The number of aliphatic hydroxyl groups excluding tert-OH is 1. The molecule has 0 radical (unpaired) electrons. The number of rotatable bonds is 12. The van der Waals surface area contributed by atoms with E-state index in [-0.39, 0.29) is 24.1 Å². The number of carbonyl (C=O) groups excluding carboxylic acids is 1. The van der Waals surface area contributed by atoms with Gasteiger partial charge in [0.25, 0.3) is 0 Å². The summed E-state index contributed by atoms with van der Waals surface area (Å²) in [5, 5.41) is 15.9. The number of aliphatic imine (C=N–C) groups is 1. The molecule has 0 aliphatic heterocycles. The summed E-state index contributed by atoms with van der Waals surface area (Å²) < 4.78 is 5.48. The van der Waals surface area contributed by atoms with Crippen LogP contribution in [0.15, 0.2) is 4.99 Å². The topological polar surface area (TPSA) is 83.0 Å². The van der Waals surface area contributed by atoms with Gasteiger partial charge in [0.2, 0.25) is 0 Å². The molecule has 6 heteroatoms. The van der Waals surface area contributed by atoms with Crippen molar-refractivity contribution in [2.75, 3.05) is 26.2 Å². The zero-order valence-electron chi connectivity index (χ0n) is 17.0. The molecule has 0 spiro atoms. The maximum atomic E-state index is 11.9. The van der Waals surface area contributed by atoms with Crippen molar-refractivity contribution < 1.29 is 14.6 Å². The summed E-state index contributed by atoms with van der Waals surface area (Å²) >= 11 is 0. The van der Waals surface area contributed by atoms with E-state index in [2.05, 4.69) is 24.5 Å². The molecule has 0 aromatic carbocycles. The first kappa shape index (κ1) is 22.7. The van der Waals surface area contributed by atoms with E-state index in [0.29, 0.717) is 19.5 Å². The van der Waals surface area contributed by atoms with Gasteiger partial charge in [-0.1, -0.05) is 13.8 Å². The van der Waals surface area contributed by atoms with Gasteiger partial charge in [-0.15, -0.1) is 0 Å². The lowest BCUT2D eigenvalue weighted by Gasteiger charge is -2.29. The van der Waals surface area contributed by atoms with Crippen LogP contribution >= 0.6 is 0 Å². The number of nitrogens with one attached hydrogen (secondary N) is 2. The highest BCUT2D eigenvalue weighted by atomic mass is 16.5. The lowest BCUT2D eigenvalue weighted by Crippen LogP contribution is -2.39. The first-order valence-electron chi connectivity index (χ1n) is 10.4. The minimum Gasteiger partial charge on any atom is -0.462 e. The van der Waals surface area contributed by atoms with E-state index in [1.807, 2.05) is 6.92 Å². The van der Waals surface area contributed by atoms with Crippen molar-refractivity contribution in [1.29, 1.82) is 0 Å². The minimum absolute atomic E-state index is 0.0577. The first-order chi connectivity index (χ1) is 12.6. The summed E-state index contributed by atoms with van der Waals surface area (Å²) in [7, 11) is 0. The Kier molecular flexibility index (Phi) is 11.3. The molecule has 0 aromatic heterocycles. The number of ether oxygens (including phenoxy) is 1. The number of aliphatic hydroxyl groups is 1. The molecule has 1 aliphatic rings. The molecule has 0 unspecified atom stereocenters. The van der Waals surface area contributed by atoms with Gasteiger partial charge in [0.1, 0.15) is 6.10 Å². The highest BCUT2D eigenvalue weighted by molar-refractivity contribution is 5.79. The number of hydrogen-bond donors (Lipinski definition) is 3. The van der Waals surface area contributed by atoms with Crippen molar-refractivity contribution in [2.45, 2.75) is 84.7 Å². The minimum atomic E-state index is -0.0837. The SMILES string of the molecule is CCNC(=NCC(CC)(CC)CCO)NCCCC(=O)OC1CCCC1. The van der Waals surface area contributed by atoms with Crippen molar-refractivity contribution in [3.8, 4) is 0 Å². The molecular weight excluding hydrogens is 330 g/mol. The number of esters is 1. The second kappa shape index (κ2) is 13.0. The molecule has 152 valence electrons. The van der Waals surface area contributed by atoms with Gasteiger partial charge in [-0.3, -0.25) is 9.79 Å². The number of nitrogens with zero attached hydrogens (tertiary/aromatic N) is 1. The highest BCUT2D eigenvalue weighted by Gasteiger charge is 2.25. The first-order valence-corrected chi connectivity index (χ1v) is 10.4. The Balaban J connectivity index is 2.37. The molecule has 1 rings (SSSR count). The van der Waals surface area contributed by atoms with Crippen LogP contribution in [-0.4, -0.2) is 49.4 Å². The van der Waals surface area contributed by atoms with Crippen molar-refractivity contribution in [2.24, 2.45) is 10.4 Å². The van der Waals surface area contributed by atoms with Crippen LogP contribution in [0.3, 0.4) is 0 Å². The van der Waals surface area contributed by atoms with Crippen LogP contribution in [0, 0.1) is 5.41 Å². The maximum absolute atomic E-state index is 11.9. The van der Waals surface area contributed by atoms with Gasteiger partial charge in [-0.2, -0.15) is 0 Å². The van der Waals surface area contributed by atoms with Crippen LogP contribution < -0.4 is 10.6 Å². The van der Waals surface area contributed by atoms with Gasteiger partial charge in [-0.05, 0) is 63.7 Å². The van der Waals surface area contributed by atoms with Crippen LogP contribution in [0.25, 0.3) is 0 Å². The maximum Gasteiger partial charge on any atom is 0.306 e. The van der Waals surface area contributed by atoms with E-state index in [1.165, 1.54) is 12.8 Å². The van der Waals surface area contributed by atoms with Gasteiger partial charge >= 0.3 is 5.97 Å². The standard InChI is InChI=1S/C20H39N3O3/c1-4-20(5-2,13-15-24)16-23-19(21-6-3)22-14-9-12-18(25)26-17-10-7-8-11-17/h17,24H,4-16H2,1-3H3,(H2,21,22,23). The van der Waals surface area contributed by atoms with E-state index in [0.717, 1.165) is 51.0 Å². The average molecular weight is 370 g/mol. The van der Waals surface area contributed by atoms with Crippen molar-refractivity contribution in [3.63, 3.8) is 0 Å². The van der Waals surface area contributed by atoms with Crippen LogP contribution in [0.1, 0.15) is 78.6 Å². The Bertz CT molecular complexity index is 417. The zero-order chi connectivity index (χ0) is 19.3. The Morgan fingerprint density at radius 1 is 1.19 bits per heavy atom. The van der Waals surface area contributed by atoms with E-state index in [9.17, 15) is 9.90 Å². The summed E-state index contributed by atoms with van der Waals surface area (Å²) in [6.45, 7) is 8.73. The number of hydrogen-bond acceptors (Lipinski definition) is 4. The molecule has 0 amide bonds. The molecule has 0 saturated heterocycles. The van der Waals surface area contributed by atoms with Crippen LogP contribution in [0.2, 0.25) is 0 Å². The zero-order valence-corrected chi connectivity index (χ0v) is 17.0. The molecule has 1 fully saturated rings. The molecule has 26 heavy (non-hydrogen) atoms. The Morgan fingerprint density at radius 2 is 1.88 bits per heavy atom. The molecule has 1 saturated carbocycles. The lowest BCUT2D eigenvalue weighted by molar-refractivity contribution is -0.148. The summed E-state index contributed by atoms with van der Waals surface area (Å²) in [5.41, 5.74) is 0.0577. The number of guanidine groups is 1. The van der Waals surface area contributed by atoms with Crippen LogP contribution in [-0.2, 0) is 9.53 Å². The molecule has 0 bridgehead atoms. The Morgan fingerprint density at radius 3 is 2.46 bits per heavy atom. The van der Waals surface area contributed by atoms with Crippen molar-refractivity contribution in [3.05, 3.63) is 0 Å². The third-order valence-electron chi connectivity index (χ3n) is 5.51. The summed E-state index contributed by atoms with van der Waals surface area (Å²) in [5.74, 6) is 0.695. The fourth-order valence-electron chi connectivity index (χ4n) is 3.42. The molecule has 6 nitrogen and oxygen atoms in total. The van der Waals surface area contributed by atoms with Crippen LogP contribution in [0.5, 0.6) is 0 Å². The predicted molar refractivity (Wildman–Crippen MR) is 106 cm³/mol. The van der Waals surface area contributed by atoms with Gasteiger partial charge in [0, 0.05) is 32.7 Å². The predicted octanol–water partition coefficient (Wildman–Crippen LogP) is 3.00. The monoisotopic (exact) mass is 369 g/mol. The quantitative estimate of drug-likeness (QED) is 0.213. The largest absolute Gasteiger partial charge is 0.462 e. The van der Waals surface area contributed by atoms with E-state index >= 15 is 0 Å². The van der Waals surface area contributed by atoms with Gasteiger partial charge in [0.15, 0.2) is 5.96 Å². The molecule has 3 N–H and O–H groups in total. The second-order valence-electron chi connectivity index (χ2n) is 7.30. The second-order valence-corrected chi connectivity index (χ2v) is 7.30. The van der Waals surface area contributed by atoms with E-state index in [4.69, 9.17) is 9.73 Å². The fourth-order valence-corrected chi connectivity index (χ4v) is 3.42. The smallest absolute Gasteiger partial charge is 0.306 e. The van der Waals surface area contributed by atoms with Gasteiger partial charge < -0.3 is 20.5 Å². The molecule has 0 atom stereocenters. The van der Waals surface area contributed by atoms with E-state index in [1.54, 1.807) is 0 Å². The van der Waals surface area contributed by atoms with Gasteiger partial charge in [-0.25, -0.2) is 0 Å². The fraction of sp³-hybridized carbons (Fsp3) is 0.900. The van der Waals surface area contributed by atoms with E-state index < -0.39 is 0 Å². The van der Waals surface area contributed by atoms with Crippen molar-refractivity contribution >= 4 is 11.9 Å². The summed E-state index contributed by atoms with van der Waals surface area (Å²) in [4.78, 5) is 16.6. The average Bonchev–Trinajstić information content (AvgIpc) is 3.15. The normalized spacial score (nSPS) is 15.9. The molecule has 0 aromatic rings. The lowest BCUT2D eigenvalue weighted by atomic mass is 9.79. The van der Waals surface area contributed by atoms with Gasteiger partial charge in [0.05, 0.1) is 0 Å². The van der Waals surface area contributed by atoms with Crippen LogP contribution in [0.4, 0.5) is 0 Å². The Labute approximate surface area is 159 Å². The third-order valence-corrected chi connectivity index (χ3v) is 5.51. The summed E-state index contributed by atoms with van der Waals surface area (Å²) in [6.07, 6.45) is 8.50. The molecule has 0 heterocycles. The summed E-state index contributed by atoms with van der Waals surface area (Å²) in [6, 6.07) is 0.